The molecule has 0 saturated carbocycles. The van der Waals surface area contributed by atoms with Gasteiger partial charge >= 0.3 is 10.2 Å². The zero-order valence-electron chi connectivity index (χ0n) is 11.9. The second-order valence-corrected chi connectivity index (χ2v) is 6.73. The van der Waals surface area contributed by atoms with E-state index in [2.05, 4.69) is 17.0 Å². The zero-order chi connectivity index (χ0) is 14.4. The van der Waals surface area contributed by atoms with Crippen LogP contribution in [0.3, 0.4) is 0 Å². The molecule has 0 bridgehead atoms. The Balaban J connectivity index is 1.98. The highest BCUT2D eigenvalue weighted by atomic mass is 32.2. The van der Waals surface area contributed by atoms with Crippen LogP contribution >= 0.6 is 0 Å². The fourth-order valence-corrected chi connectivity index (χ4v) is 3.44. The number of piperazine rings is 1. The number of nitrogens with one attached hydrogen (secondary N) is 2. The molecule has 1 fully saturated rings. The van der Waals surface area contributed by atoms with Gasteiger partial charge in [0, 0.05) is 31.9 Å². The summed E-state index contributed by atoms with van der Waals surface area (Å²) in [5, 5.41) is 3.14. The van der Waals surface area contributed by atoms with Crippen molar-refractivity contribution in [3.63, 3.8) is 0 Å². The van der Waals surface area contributed by atoms with Gasteiger partial charge in [-0.1, -0.05) is 25.5 Å². The highest BCUT2D eigenvalue weighted by Gasteiger charge is 2.23. The topological polar surface area (TPSA) is 61.4 Å². The molecular formula is C14H23N3O2S. The standard InChI is InChI=1S/C14H23N3O2S/c1-2-3-4-13-5-7-14(8-6-13)16-20(18,19)17-11-9-15-10-12-17/h5-8,15-16H,2-4,9-12H2,1H3. The van der Waals surface area contributed by atoms with Gasteiger partial charge in [0.25, 0.3) is 0 Å². The van der Waals surface area contributed by atoms with Crippen molar-refractivity contribution in [3.8, 4) is 0 Å². The Morgan fingerprint density at radius 2 is 1.85 bits per heavy atom. The summed E-state index contributed by atoms with van der Waals surface area (Å²) in [6.07, 6.45) is 3.37. The van der Waals surface area contributed by atoms with Crippen molar-refractivity contribution in [2.75, 3.05) is 30.9 Å². The normalized spacial score (nSPS) is 17.1. The molecule has 1 aromatic rings. The third kappa shape index (κ3) is 4.19. The van der Waals surface area contributed by atoms with Crippen molar-refractivity contribution < 1.29 is 8.42 Å². The number of anilines is 1. The molecule has 0 atom stereocenters. The molecular weight excluding hydrogens is 274 g/mol. The van der Waals surface area contributed by atoms with E-state index in [-0.39, 0.29) is 0 Å². The number of rotatable bonds is 6. The van der Waals surface area contributed by atoms with E-state index in [0.29, 0.717) is 31.9 Å². The van der Waals surface area contributed by atoms with Gasteiger partial charge in [-0.05, 0) is 30.5 Å². The van der Waals surface area contributed by atoms with Gasteiger partial charge < -0.3 is 5.32 Å². The second-order valence-electron chi connectivity index (χ2n) is 5.06. The molecule has 1 aliphatic rings. The van der Waals surface area contributed by atoms with Crippen LogP contribution in [-0.2, 0) is 16.6 Å². The Labute approximate surface area is 121 Å². The summed E-state index contributed by atoms with van der Waals surface area (Å²) in [5.41, 5.74) is 1.88. The van der Waals surface area contributed by atoms with E-state index in [1.165, 1.54) is 9.87 Å². The van der Waals surface area contributed by atoms with Crippen LogP contribution in [0.25, 0.3) is 0 Å². The summed E-state index contributed by atoms with van der Waals surface area (Å²) in [6, 6.07) is 7.66. The van der Waals surface area contributed by atoms with E-state index >= 15 is 0 Å². The summed E-state index contributed by atoms with van der Waals surface area (Å²) < 4.78 is 28.5. The molecule has 2 rings (SSSR count). The van der Waals surface area contributed by atoms with Gasteiger partial charge in [0.1, 0.15) is 0 Å². The quantitative estimate of drug-likeness (QED) is 0.838. The Morgan fingerprint density at radius 3 is 2.45 bits per heavy atom. The number of hydrogen-bond donors (Lipinski definition) is 2. The summed E-state index contributed by atoms with van der Waals surface area (Å²) in [6.45, 7) is 4.61. The fraction of sp³-hybridized carbons (Fsp3) is 0.571. The summed E-state index contributed by atoms with van der Waals surface area (Å²) in [5.74, 6) is 0. The van der Waals surface area contributed by atoms with E-state index < -0.39 is 10.2 Å². The van der Waals surface area contributed by atoms with Crippen LogP contribution in [-0.4, -0.2) is 38.9 Å². The van der Waals surface area contributed by atoms with Crippen LogP contribution in [0.5, 0.6) is 0 Å². The van der Waals surface area contributed by atoms with E-state index in [9.17, 15) is 8.42 Å². The van der Waals surface area contributed by atoms with Gasteiger partial charge in [-0.25, -0.2) is 0 Å². The minimum absolute atomic E-state index is 0.518. The highest BCUT2D eigenvalue weighted by Crippen LogP contribution is 2.15. The lowest BCUT2D eigenvalue weighted by Crippen LogP contribution is -2.48. The molecule has 20 heavy (non-hydrogen) atoms. The Morgan fingerprint density at radius 1 is 1.20 bits per heavy atom. The van der Waals surface area contributed by atoms with Crippen LogP contribution in [0, 0.1) is 0 Å². The first-order valence-corrected chi connectivity index (χ1v) is 8.63. The van der Waals surface area contributed by atoms with Crippen molar-refractivity contribution in [3.05, 3.63) is 29.8 Å². The Hall–Kier alpha value is -1.11. The van der Waals surface area contributed by atoms with Crippen LogP contribution < -0.4 is 10.0 Å². The monoisotopic (exact) mass is 297 g/mol. The molecule has 0 amide bonds. The van der Waals surface area contributed by atoms with Crippen LogP contribution in [0.2, 0.25) is 0 Å². The average molecular weight is 297 g/mol. The van der Waals surface area contributed by atoms with Crippen molar-refractivity contribution >= 4 is 15.9 Å². The van der Waals surface area contributed by atoms with Gasteiger partial charge in [0.2, 0.25) is 0 Å². The number of hydrogen-bond acceptors (Lipinski definition) is 3. The van der Waals surface area contributed by atoms with E-state index in [4.69, 9.17) is 0 Å². The molecule has 1 heterocycles. The third-order valence-electron chi connectivity index (χ3n) is 3.44. The molecule has 0 aliphatic carbocycles. The van der Waals surface area contributed by atoms with Crippen molar-refractivity contribution in [2.45, 2.75) is 26.2 Å². The van der Waals surface area contributed by atoms with Crippen molar-refractivity contribution in [1.82, 2.24) is 9.62 Å². The molecule has 0 radical (unpaired) electrons. The lowest BCUT2D eigenvalue weighted by molar-refractivity contribution is 0.362. The maximum Gasteiger partial charge on any atom is 0.301 e. The van der Waals surface area contributed by atoms with Crippen molar-refractivity contribution in [1.29, 1.82) is 0 Å². The molecule has 1 saturated heterocycles. The number of benzene rings is 1. The Bertz CT molecular complexity index is 508. The van der Waals surface area contributed by atoms with Gasteiger partial charge in [-0.2, -0.15) is 12.7 Å². The molecule has 5 nitrogen and oxygen atoms in total. The smallest absolute Gasteiger partial charge is 0.301 e. The first-order chi connectivity index (χ1) is 9.62. The van der Waals surface area contributed by atoms with E-state index in [1.807, 2.05) is 24.3 Å². The van der Waals surface area contributed by atoms with Crippen LogP contribution in [0.15, 0.2) is 24.3 Å². The van der Waals surface area contributed by atoms with E-state index in [0.717, 1.165) is 19.3 Å². The number of aryl methyl sites for hydroxylation is 1. The van der Waals surface area contributed by atoms with Crippen LogP contribution in [0.4, 0.5) is 5.69 Å². The van der Waals surface area contributed by atoms with Crippen LogP contribution in [0.1, 0.15) is 25.3 Å². The lowest BCUT2D eigenvalue weighted by atomic mass is 10.1. The van der Waals surface area contributed by atoms with Gasteiger partial charge in [-0.15, -0.1) is 0 Å². The molecule has 0 spiro atoms. The average Bonchev–Trinajstić information content (AvgIpc) is 2.47. The van der Waals surface area contributed by atoms with Gasteiger partial charge in [-0.3, -0.25) is 4.72 Å². The minimum Gasteiger partial charge on any atom is -0.314 e. The molecule has 0 unspecified atom stereocenters. The predicted molar refractivity (Wildman–Crippen MR) is 82.0 cm³/mol. The van der Waals surface area contributed by atoms with E-state index in [1.54, 1.807) is 0 Å². The summed E-state index contributed by atoms with van der Waals surface area (Å²) >= 11 is 0. The third-order valence-corrected chi connectivity index (χ3v) is 4.97. The maximum atomic E-state index is 12.2. The first kappa shape index (κ1) is 15.3. The maximum absolute atomic E-state index is 12.2. The largest absolute Gasteiger partial charge is 0.314 e. The number of nitrogens with zero attached hydrogens (tertiary/aromatic N) is 1. The zero-order valence-corrected chi connectivity index (χ0v) is 12.7. The van der Waals surface area contributed by atoms with Gasteiger partial charge in [0.05, 0.1) is 0 Å². The molecule has 112 valence electrons. The lowest BCUT2D eigenvalue weighted by Gasteiger charge is -2.26. The first-order valence-electron chi connectivity index (χ1n) is 7.19. The SMILES string of the molecule is CCCCc1ccc(NS(=O)(=O)N2CCNCC2)cc1. The molecule has 2 N–H and O–H groups in total. The number of unbranched alkanes of at least 4 members (excludes halogenated alkanes) is 1. The molecule has 1 aliphatic heterocycles. The summed E-state index contributed by atoms with van der Waals surface area (Å²) in [4.78, 5) is 0. The molecule has 6 heteroatoms. The highest BCUT2D eigenvalue weighted by molar-refractivity contribution is 7.90. The fourth-order valence-electron chi connectivity index (χ4n) is 2.22. The molecule has 1 aromatic carbocycles. The Kier molecular flexibility index (Phi) is 5.39. The van der Waals surface area contributed by atoms with Gasteiger partial charge in [0.15, 0.2) is 0 Å². The molecule has 0 aromatic heterocycles. The predicted octanol–water partition coefficient (Wildman–Crippen LogP) is 1.59. The van der Waals surface area contributed by atoms with Crippen molar-refractivity contribution in [2.24, 2.45) is 0 Å². The minimum atomic E-state index is -3.42. The second kappa shape index (κ2) is 7.06. The summed E-state index contributed by atoms with van der Waals surface area (Å²) in [7, 11) is -3.42.